The summed E-state index contributed by atoms with van der Waals surface area (Å²) in [6, 6.07) is 50.8. The van der Waals surface area contributed by atoms with E-state index < -0.39 is 0 Å². The second-order valence-corrected chi connectivity index (χ2v) is 14.1. The second-order valence-electron chi connectivity index (χ2n) is 11.6. The van der Waals surface area contributed by atoms with Gasteiger partial charge in [0.25, 0.3) is 0 Å². The number of nitrogens with zero attached hydrogens (tertiary/aromatic N) is 2. The standard InChI is InChI=1S/C42H27IN2S/c43-37-16-2-1-9-24-44(38-17-6-5-15-35(37)38)30-12-10-11-28(25-30)29-20-23-41-36(26-29)34-22-21-31(27-42(34)46-41)45-39-18-7-3-13-32(39)33-14-4-8-19-40(33)45/h1-7,9-18,20-23,25-27,37H,24H2/b9-1-,16-2-. The summed E-state index contributed by atoms with van der Waals surface area (Å²) in [5, 5.41) is 5.03. The highest BCUT2D eigenvalue weighted by molar-refractivity contribution is 14.1. The smallest absolute Gasteiger partial charge is 0.105 e. The summed E-state index contributed by atoms with van der Waals surface area (Å²) in [4.78, 5) is 2.43. The summed E-state index contributed by atoms with van der Waals surface area (Å²) in [6.45, 7) is 0.812. The van der Waals surface area contributed by atoms with Gasteiger partial charge in [-0.25, -0.2) is 0 Å². The van der Waals surface area contributed by atoms with Crippen molar-refractivity contribution < 1.29 is 0 Å². The maximum absolute atomic E-state index is 3.38. The molecule has 0 saturated heterocycles. The van der Waals surface area contributed by atoms with Gasteiger partial charge in [0, 0.05) is 54.6 Å². The molecule has 6 aromatic carbocycles. The van der Waals surface area contributed by atoms with Gasteiger partial charge in [-0.15, -0.1) is 11.3 Å². The number of benzene rings is 5. The van der Waals surface area contributed by atoms with Crippen molar-refractivity contribution in [3.63, 3.8) is 0 Å². The van der Waals surface area contributed by atoms with Crippen LogP contribution in [0.2, 0.25) is 0 Å². The Morgan fingerprint density at radius 2 is 1.57 bits per heavy atom. The van der Waals surface area contributed by atoms with E-state index in [9.17, 15) is 0 Å². The predicted octanol–water partition coefficient (Wildman–Crippen LogP) is 12.2. The van der Waals surface area contributed by atoms with Gasteiger partial charge in [-0.3, -0.25) is 0 Å². The first-order chi connectivity index (χ1) is 22.7. The van der Waals surface area contributed by atoms with E-state index in [1.165, 1.54) is 64.5 Å². The zero-order valence-electron chi connectivity index (χ0n) is 24.8. The Balaban J connectivity index is 1.13. The molecule has 2 aromatic heterocycles. The maximum Gasteiger partial charge on any atom is 0.105 e. The molecule has 0 N–H and O–H groups in total. The summed E-state index contributed by atoms with van der Waals surface area (Å²) in [7, 11) is 0. The number of halogens is 1. The van der Waals surface area contributed by atoms with Crippen LogP contribution >= 0.6 is 33.9 Å². The maximum atomic E-state index is 3.38. The Morgan fingerprint density at radius 3 is 2.54 bits per heavy atom. The number of alkyl halides is 1. The third kappa shape index (κ3) is 4.54. The minimum atomic E-state index is 0.309. The van der Waals surface area contributed by atoms with Gasteiger partial charge in [0.05, 0.1) is 9.44 Å². The summed E-state index contributed by atoms with van der Waals surface area (Å²) >= 11 is 4.39. The summed E-state index contributed by atoms with van der Waals surface area (Å²) < 4.78 is 5.21. The number of aromatic nitrogens is 1. The lowest BCUT2D eigenvalue weighted by Gasteiger charge is -2.27. The van der Waals surface area contributed by atoms with Crippen LogP contribution in [0.3, 0.4) is 0 Å². The van der Waals surface area contributed by atoms with Gasteiger partial charge in [-0.2, -0.15) is 0 Å². The van der Waals surface area contributed by atoms with Crippen molar-refractivity contribution in [1.82, 2.24) is 4.57 Å². The Hall–Kier alpha value is -4.83. The minimum Gasteiger partial charge on any atom is -0.337 e. The molecule has 0 amide bonds. The number of fused-ring (bicyclic) bond motifs is 7. The Morgan fingerprint density at radius 1 is 0.674 bits per heavy atom. The molecule has 0 fully saturated rings. The highest BCUT2D eigenvalue weighted by atomic mass is 127. The number of hydrogen-bond donors (Lipinski definition) is 0. The third-order valence-electron chi connectivity index (χ3n) is 8.98. The Labute approximate surface area is 285 Å². The fourth-order valence-electron chi connectivity index (χ4n) is 6.82. The van der Waals surface area contributed by atoms with Crippen LogP contribution in [0.15, 0.2) is 146 Å². The number of thiophene rings is 1. The third-order valence-corrected chi connectivity index (χ3v) is 11.2. The van der Waals surface area contributed by atoms with Gasteiger partial charge >= 0.3 is 0 Å². The topological polar surface area (TPSA) is 8.17 Å². The lowest BCUT2D eigenvalue weighted by Crippen LogP contribution is -2.18. The SMILES string of the molecule is IC1/C=C\C=C/CN(c2cccc(-c3ccc4sc5cc(-n6c7c#cccc7c7ccccc76)ccc5c4c3)c2)c2ccccc21. The molecule has 1 aliphatic heterocycles. The van der Waals surface area contributed by atoms with Crippen LogP contribution in [-0.2, 0) is 0 Å². The van der Waals surface area contributed by atoms with E-state index >= 15 is 0 Å². The molecule has 3 heterocycles. The van der Waals surface area contributed by atoms with Crippen molar-refractivity contribution >= 4 is 87.3 Å². The van der Waals surface area contributed by atoms with Crippen LogP contribution in [0.1, 0.15) is 9.49 Å². The van der Waals surface area contributed by atoms with Gasteiger partial charge in [0.2, 0.25) is 0 Å². The molecule has 4 heteroatoms. The van der Waals surface area contributed by atoms with E-state index in [4.69, 9.17) is 0 Å². The van der Waals surface area contributed by atoms with Crippen molar-refractivity contribution in [2.45, 2.75) is 3.92 Å². The molecular formula is C42H27IN2S. The van der Waals surface area contributed by atoms with Crippen molar-refractivity contribution in [1.29, 1.82) is 0 Å². The fourth-order valence-corrected chi connectivity index (χ4v) is 8.70. The van der Waals surface area contributed by atoms with Gasteiger partial charge in [0.15, 0.2) is 0 Å². The van der Waals surface area contributed by atoms with Gasteiger partial charge in [0.1, 0.15) is 5.52 Å². The van der Waals surface area contributed by atoms with Crippen LogP contribution in [-0.4, -0.2) is 11.1 Å². The zero-order valence-corrected chi connectivity index (χ0v) is 27.8. The monoisotopic (exact) mass is 718 g/mol. The highest BCUT2D eigenvalue weighted by Crippen LogP contribution is 2.41. The quantitative estimate of drug-likeness (QED) is 0.130. The number of rotatable bonds is 3. The second kappa shape index (κ2) is 11.2. The molecule has 0 spiro atoms. The predicted molar refractivity (Wildman–Crippen MR) is 205 cm³/mol. The molecule has 9 rings (SSSR count). The summed E-state index contributed by atoms with van der Waals surface area (Å²) in [5.74, 6) is 0. The lowest BCUT2D eigenvalue weighted by molar-refractivity contribution is 1.08. The van der Waals surface area contributed by atoms with Gasteiger partial charge < -0.3 is 9.47 Å². The van der Waals surface area contributed by atoms with Crippen LogP contribution in [0.5, 0.6) is 0 Å². The van der Waals surface area contributed by atoms with E-state index in [0.717, 1.165) is 17.7 Å². The fraction of sp³-hybridized carbons (Fsp3) is 0.0476. The van der Waals surface area contributed by atoms with E-state index in [-0.39, 0.29) is 0 Å². The van der Waals surface area contributed by atoms with Crippen molar-refractivity contribution in [3.05, 3.63) is 163 Å². The summed E-state index contributed by atoms with van der Waals surface area (Å²) in [5.41, 5.74) is 9.63. The van der Waals surface area contributed by atoms with E-state index in [2.05, 4.69) is 184 Å². The van der Waals surface area contributed by atoms with Crippen molar-refractivity contribution in [2.75, 3.05) is 11.4 Å². The largest absolute Gasteiger partial charge is 0.337 e. The molecule has 0 aliphatic carbocycles. The van der Waals surface area contributed by atoms with Crippen LogP contribution in [0, 0.1) is 12.1 Å². The number of allylic oxidation sites excluding steroid dienone is 3. The molecule has 0 saturated carbocycles. The van der Waals surface area contributed by atoms with Crippen LogP contribution in [0.25, 0.3) is 58.8 Å². The number of para-hydroxylation sites is 2. The molecule has 1 aliphatic rings. The van der Waals surface area contributed by atoms with Crippen molar-refractivity contribution in [3.8, 4) is 16.8 Å². The molecule has 2 nitrogen and oxygen atoms in total. The van der Waals surface area contributed by atoms with E-state index in [0.29, 0.717) is 3.92 Å². The first-order valence-corrected chi connectivity index (χ1v) is 17.5. The molecule has 1 unspecified atom stereocenters. The average molecular weight is 719 g/mol. The number of anilines is 2. The van der Waals surface area contributed by atoms with E-state index in [1.807, 2.05) is 17.4 Å². The first kappa shape index (κ1) is 27.5. The zero-order chi connectivity index (χ0) is 30.6. The van der Waals surface area contributed by atoms with Gasteiger partial charge in [-0.05, 0) is 83.4 Å². The molecule has 1 atom stereocenters. The minimum absolute atomic E-state index is 0.309. The highest BCUT2D eigenvalue weighted by Gasteiger charge is 2.18. The molecular weight excluding hydrogens is 691 g/mol. The Bertz CT molecular complexity index is 2440. The molecule has 0 bridgehead atoms. The average Bonchev–Trinajstić information content (AvgIpc) is 3.66. The summed E-state index contributed by atoms with van der Waals surface area (Å²) in [6.07, 6.45) is 8.83. The van der Waals surface area contributed by atoms with Crippen LogP contribution < -0.4 is 4.90 Å². The molecule has 46 heavy (non-hydrogen) atoms. The normalized spacial score (nSPS) is 16.2. The van der Waals surface area contributed by atoms with Gasteiger partial charge in [-0.1, -0.05) is 114 Å². The molecule has 0 radical (unpaired) electrons. The van der Waals surface area contributed by atoms with Crippen molar-refractivity contribution in [2.24, 2.45) is 0 Å². The lowest BCUT2D eigenvalue weighted by atomic mass is 10.0. The van der Waals surface area contributed by atoms with E-state index in [1.54, 1.807) is 0 Å². The first-order valence-electron chi connectivity index (χ1n) is 15.5. The Kier molecular flexibility index (Phi) is 6.69. The molecule has 218 valence electrons. The molecule has 8 aromatic rings. The number of hydrogen-bond acceptors (Lipinski definition) is 2. The van der Waals surface area contributed by atoms with Crippen LogP contribution in [0.4, 0.5) is 11.4 Å².